The summed E-state index contributed by atoms with van der Waals surface area (Å²) >= 11 is 6.11. The number of rotatable bonds is 8. The minimum Gasteiger partial charge on any atom is -0.489 e. The third-order valence-electron chi connectivity index (χ3n) is 4.12. The molecular weight excluding hydrogens is 421 g/mol. The van der Waals surface area contributed by atoms with Gasteiger partial charge in [0, 0.05) is 22.3 Å². The van der Waals surface area contributed by atoms with Gasteiger partial charge >= 0.3 is 5.97 Å². The van der Waals surface area contributed by atoms with Crippen molar-refractivity contribution >= 4 is 35.2 Å². The van der Waals surface area contributed by atoms with Crippen molar-refractivity contribution < 1.29 is 23.5 Å². The SMILES string of the molecule is O=C(COC(=O)/C=C/c1ccc(OCc2ccccc2Cl)cc1)Nc1ccc(F)cc1. The van der Waals surface area contributed by atoms with E-state index >= 15 is 0 Å². The molecule has 0 aliphatic carbocycles. The molecule has 31 heavy (non-hydrogen) atoms. The number of hydrogen-bond donors (Lipinski definition) is 1. The van der Waals surface area contributed by atoms with Gasteiger partial charge in [-0.25, -0.2) is 9.18 Å². The van der Waals surface area contributed by atoms with Crippen molar-refractivity contribution in [3.63, 3.8) is 0 Å². The molecule has 0 bridgehead atoms. The van der Waals surface area contributed by atoms with E-state index in [0.717, 1.165) is 11.1 Å². The first-order valence-corrected chi connectivity index (χ1v) is 9.74. The second kappa shape index (κ2) is 10.9. The molecular formula is C24H19ClFNO4. The van der Waals surface area contributed by atoms with E-state index in [2.05, 4.69) is 5.32 Å². The van der Waals surface area contributed by atoms with E-state index in [9.17, 15) is 14.0 Å². The third-order valence-corrected chi connectivity index (χ3v) is 4.49. The van der Waals surface area contributed by atoms with E-state index in [1.165, 1.54) is 30.3 Å². The summed E-state index contributed by atoms with van der Waals surface area (Å²) in [5, 5.41) is 3.15. The average molecular weight is 440 g/mol. The van der Waals surface area contributed by atoms with Gasteiger partial charge in [-0.15, -0.1) is 0 Å². The maximum absolute atomic E-state index is 12.8. The predicted octanol–water partition coefficient (Wildman–Crippen LogP) is 5.25. The molecule has 1 amide bonds. The highest BCUT2D eigenvalue weighted by Gasteiger charge is 2.06. The lowest BCUT2D eigenvalue weighted by Gasteiger charge is -2.08. The highest BCUT2D eigenvalue weighted by atomic mass is 35.5. The fraction of sp³-hybridized carbons (Fsp3) is 0.0833. The van der Waals surface area contributed by atoms with Gasteiger partial charge in [0.25, 0.3) is 5.91 Å². The van der Waals surface area contributed by atoms with Crippen LogP contribution in [0.15, 0.2) is 78.9 Å². The quantitative estimate of drug-likeness (QED) is 0.384. The van der Waals surface area contributed by atoms with Gasteiger partial charge in [0.2, 0.25) is 0 Å². The molecule has 5 nitrogen and oxygen atoms in total. The Labute approximate surface area is 184 Å². The van der Waals surface area contributed by atoms with Crippen molar-refractivity contribution in [2.24, 2.45) is 0 Å². The van der Waals surface area contributed by atoms with Gasteiger partial charge in [0.05, 0.1) is 0 Å². The second-order valence-electron chi connectivity index (χ2n) is 6.45. The molecule has 0 fully saturated rings. The molecule has 3 aromatic rings. The summed E-state index contributed by atoms with van der Waals surface area (Å²) in [5.74, 6) is -0.923. The summed E-state index contributed by atoms with van der Waals surface area (Å²) in [6, 6.07) is 19.8. The Morgan fingerprint density at radius 1 is 0.968 bits per heavy atom. The maximum atomic E-state index is 12.8. The van der Waals surface area contributed by atoms with Crippen LogP contribution in [-0.2, 0) is 20.9 Å². The van der Waals surface area contributed by atoms with Crippen LogP contribution in [0.4, 0.5) is 10.1 Å². The van der Waals surface area contributed by atoms with Gasteiger partial charge in [0.15, 0.2) is 6.61 Å². The summed E-state index contributed by atoms with van der Waals surface area (Å²) < 4.78 is 23.5. The number of ether oxygens (including phenoxy) is 2. The molecule has 7 heteroatoms. The molecule has 3 aromatic carbocycles. The first-order chi connectivity index (χ1) is 15.0. The van der Waals surface area contributed by atoms with Gasteiger partial charge in [-0.2, -0.15) is 0 Å². The molecule has 0 saturated heterocycles. The van der Waals surface area contributed by atoms with E-state index in [1.807, 2.05) is 18.2 Å². The Kier molecular flexibility index (Phi) is 7.79. The fourth-order valence-electron chi connectivity index (χ4n) is 2.53. The molecule has 0 atom stereocenters. The van der Waals surface area contributed by atoms with Gasteiger partial charge in [-0.3, -0.25) is 4.79 Å². The van der Waals surface area contributed by atoms with Crippen LogP contribution in [0.5, 0.6) is 5.75 Å². The van der Waals surface area contributed by atoms with Crippen LogP contribution in [0, 0.1) is 5.82 Å². The summed E-state index contributed by atoms with van der Waals surface area (Å²) in [6.45, 7) is -0.101. The number of carbonyl (C=O) groups is 2. The Balaban J connectivity index is 1.43. The number of halogens is 2. The summed E-state index contributed by atoms with van der Waals surface area (Å²) in [7, 11) is 0. The standard InChI is InChI=1S/C24H19ClFNO4/c25-22-4-2-1-3-18(22)15-30-21-12-5-17(6-13-21)7-14-24(29)31-16-23(28)27-20-10-8-19(26)9-11-20/h1-14H,15-16H2,(H,27,28)/b14-7+. The van der Waals surface area contributed by atoms with E-state index < -0.39 is 24.3 Å². The van der Waals surface area contributed by atoms with E-state index in [0.29, 0.717) is 23.1 Å². The van der Waals surface area contributed by atoms with Crippen molar-refractivity contribution in [1.29, 1.82) is 0 Å². The molecule has 0 heterocycles. The smallest absolute Gasteiger partial charge is 0.331 e. The lowest BCUT2D eigenvalue weighted by Crippen LogP contribution is -2.20. The normalized spacial score (nSPS) is 10.6. The monoisotopic (exact) mass is 439 g/mol. The Morgan fingerprint density at radius 3 is 2.39 bits per heavy atom. The molecule has 0 unspecified atom stereocenters. The van der Waals surface area contributed by atoms with Crippen molar-refractivity contribution in [1.82, 2.24) is 0 Å². The average Bonchev–Trinajstić information content (AvgIpc) is 2.78. The number of amides is 1. The predicted molar refractivity (Wildman–Crippen MR) is 117 cm³/mol. The minimum absolute atomic E-state index is 0.348. The molecule has 0 saturated carbocycles. The summed E-state index contributed by atoms with van der Waals surface area (Å²) in [5.41, 5.74) is 2.06. The number of nitrogens with one attached hydrogen (secondary N) is 1. The fourth-order valence-corrected chi connectivity index (χ4v) is 2.72. The maximum Gasteiger partial charge on any atom is 0.331 e. The van der Waals surface area contributed by atoms with Crippen LogP contribution in [0.25, 0.3) is 6.08 Å². The van der Waals surface area contributed by atoms with Crippen LogP contribution in [0.2, 0.25) is 5.02 Å². The molecule has 0 aromatic heterocycles. The zero-order valence-electron chi connectivity index (χ0n) is 16.4. The number of benzene rings is 3. The van der Waals surface area contributed by atoms with Gasteiger partial charge in [-0.1, -0.05) is 41.9 Å². The first-order valence-electron chi connectivity index (χ1n) is 9.36. The van der Waals surface area contributed by atoms with Crippen LogP contribution in [-0.4, -0.2) is 18.5 Å². The van der Waals surface area contributed by atoms with Gasteiger partial charge < -0.3 is 14.8 Å². The second-order valence-corrected chi connectivity index (χ2v) is 6.85. The Bertz CT molecular complexity index is 1070. The largest absolute Gasteiger partial charge is 0.489 e. The van der Waals surface area contributed by atoms with E-state index in [1.54, 1.807) is 36.4 Å². The van der Waals surface area contributed by atoms with Crippen molar-refractivity contribution in [2.45, 2.75) is 6.61 Å². The zero-order valence-corrected chi connectivity index (χ0v) is 17.1. The van der Waals surface area contributed by atoms with E-state index in [-0.39, 0.29) is 0 Å². The van der Waals surface area contributed by atoms with Crippen LogP contribution in [0.1, 0.15) is 11.1 Å². The number of hydrogen-bond acceptors (Lipinski definition) is 4. The molecule has 0 radical (unpaired) electrons. The highest BCUT2D eigenvalue weighted by Crippen LogP contribution is 2.19. The molecule has 1 N–H and O–H groups in total. The van der Waals surface area contributed by atoms with E-state index in [4.69, 9.17) is 21.1 Å². The minimum atomic E-state index is -0.659. The third kappa shape index (κ3) is 7.28. The van der Waals surface area contributed by atoms with Crippen molar-refractivity contribution in [3.05, 3.63) is 101 Å². The molecule has 3 rings (SSSR count). The number of esters is 1. The van der Waals surface area contributed by atoms with Gasteiger partial charge in [-0.05, 0) is 54.1 Å². The molecule has 0 spiro atoms. The Morgan fingerprint density at radius 2 is 1.68 bits per heavy atom. The topological polar surface area (TPSA) is 64.6 Å². The van der Waals surface area contributed by atoms with Crippen LogP contribution in [0.3, 0.4) is 0 Å². The van der Waals surface area contributed by atoms with Gasteiger partial charge in [0.1, 0.15) is 18.2 Å². The van der Waals surface area contributed by atoms with Crippen molar-refractivity contribution in [3.8, 4) is 5.75 Å². The lowest BCUT2D eigenvalue weighted by atomic mass is 10.2. The Hall–Kier alpha value is -3.64. The lowest BCUT2D eigenvalue weighted by molar-refractivity contribution is -0.142. The zero-order chi connectivity index (χ0) is 22.1. The van der Waals surface area contributed by atoms with Crippen LogP contribution < -0.4 is 10.1 Å². The number of carbonyl (C=O) groups excluding carboxylic acids is 2. The molecule has 0 aliphatic rings. The number of anilines is 1. The molecule has 0 aliphatic heterocycles. The first kappa shape index (κ1) is 22.1. The molecule has 158 valence electrons. The summed E-state index contributed by atoms with van der Waals surface area (Å²) in [6.07, 6.45) is 2.79. The highest BCUT2D eigenvalue weighted by molar-refractivity contribution is 6.31. The van der Waals surface area contributed by atoms with Crippen LogP contribution >= 0.6 is 11.6 Å². The van der Waals surface area contributed by atoms with Crippen molar-refractivity contribution in [2.75, 3.05) is 11.9 Å². The summed E-state index contributed by atoms with van der Waals surface area (Å²) in [4.78, 5) is 23.6.